The summed E-state index contributed by atoms with van der Waals surface area (Å²) in [6.07, 6.45) is 1.68. The summed E-state index contributed by atoms with van der Waals surface area (Å²) in [5.41, 5.74) is 1.79. The number of nitrogens with zero attached hydrogens (tertiary/aromatic N) is 1. The highest BCUT2D eigenvalue weighted by Crippen LogP contribution is 2.02. The molecular formula is C10H16N2O2S. The van der Waals surface area contributed by atoms with E-state index in [1.54, 1.807) is 20.0 Å². The van der Waals surface area contributed by atoms with Gasteiger partial charge < -0.3 is 0 Å². The number of hydrogen-bond donors (Lipinski definition) is 1. The van der Waals surface area contributed by atoms with Crippen LogP contribution in [0.1, 0.15) is 25.1 Å². The molecule has 15 heavy (non-hydrogen) atoms. The maximum absolute atomic E-state index is 11.4. The summed E-state index contributed by atoms with van der Waals surface area (Å²) in [6, 6.07) is 3.73. The smallest absolute Gasteiger partial charge is 0.214 e. The number of sulfonamides is 1. The first-order chi connectivity index (χ1) is 6.92. The molecule has 0 saturated carbocycles. The molecule has 5 heteroatoms. The van der Waals surface area contributed by atoms with Gasteiger partial charge in [0.1, 0.15) is 0 Å². The first-order valence-electron chi connectivity index (χ1n) is 4.82. The van der Waals surface area contributed by atoms with Crippen LogP contribution in [0.3, 0.4) is 0 Å². The van der Waals surface area contributed by atoms with Crippen LogP contribution in [0.25, 0.3) is 0 Å². The standard InChI is InChI=1S/C10H16N2O2S/c1-8(2)15(13,14)12-7-10-5-4-9(3)11-6-10/h4-6,8,12H,7H2,1-3H3. The van der Waals surface area contributed by atoms with Gasteiger partial charge in [-0.25, -0.2) is 13.1 Å². The van der Waals surface area contributed by atoms with Crippen molar-refractivity contribution in [3.63, 3.8) is 0 Å². The number of rotatable bonds is 4. The molecule has 4 nitrogen and oxygen atoms in total. The van der Waals surface area contributed by atoms with Gasteiger partial charge >= 0.3 is 0 Å². The van der Waals surface area contributed by atoms with Crippen LogP contribution in [0.5, 0.6) is 0 Å². The largest absolute Gasteiger partial charge is 0.261 e. The Labute approximate surface area is 90.8 Å². The maximum atomic E-state index is 11.4. The van der Waals surface area contributed by atoms with Crippen LogP contribution < -0.4 is 4.72 Å². The van der Waals surface area contributed by atoms with E-state index in [-0.39, 0.29) is 0 Å². The highest BCUT2D eigenvalue weighted by molar-refractivity contribution is 7.90. The molecule has 0 saturated heterocycles. The molecule has 84 valence electrons. The summed E-state index contributed by atoms with van der Waals surface area (Å²) in [7, 11) is -3.18. The van der Waals surface area contributed by atoms with E-state index in [4.69, 9.17) is 0 Å². The van der Waals surface area contributed by atoms with Gasteiger partial charge in [-0.2, -0.15) is 0 Å². The fourth-order valence-corrected chi connectivity index (χ4v) is 1.65. The van der Waals surface area contributed by atoms with Gasteiger partial charge in [-0.15, -0.1) is 0 Å². The molecule has 0 spiro atoms. The van der Waals surface area contributed by atoms with Crippen molar-refractivity contribution in [2.75, 3.05) is 0 Å². The quantitative estimate of drug-likeness (QED) is 0.843. The van der Waals surface area contributed by atoms with Crippen molar-refractivity contribution >= 4 is 10.0 Å². The lowest BCUT2D eigenvalue weighted by molar-refractivity contribution is 0.572. The Kier molecular flexibility index (Phi) is 3.82. The lowest BCUT2D eigenvalue weighted by Crippen LogP contribution is -2.30. The van der Waals surface area contributed by atoms with Gasteiger partial charge in [-0.05, 0) is 32.4 Å². The Morgan fingerprint density at radius 2 is 2.07 bits per heavy atom. The van der Waals surface area contributed by atoms with Crippen LogP contribution in [0, 0.1) is 6.92 Å². The monoisotopic (exact) mass is 228 g/mol. The minimum absolute atomic E-state index is 0.299. The van der Waals surface area contributed by atoms with Crippen LogP contribution in [0.2, 0.25) is 0 Å². The number of nitrogens with one attached hydrogen (secondary N) is 1. The van der Waals surface area contributed by atoms with Gasteiger partial charge in [0.2, 0.25) is 10.0 Å². The van der Waals surface area contributed by atoms with Gasteiger partial charge in [-0.3, -0.25) is 4.98 Å². The molecule has 0 aliphatic rings. The van der Waals surface area contributed by atoms with E-state index in [1.807, 2.05) is 19.1 Å². The predicted molar refractivity (Wildman–Crippen MR) is 59.9 cm³/mol. The summed E-state index contributed by atoms with van der Waals surface area (Å²) >= 11 is 0. The van der Waals surface area contributed by atoms with E-state index in [9.17, 15) is 8.42 Å². The summed E-state index contributed by atoms with van der Waals surface area (Å²) < 4.78 is 25.4. The van der Waals surface area contributed by atoms with E-state index < -0.39 is 15.3 Å². The molecule has 0 aliphatic carbocycles. The zero-order chi connectivity index (χ0) is 11.5. The van der Waals surface area contributed by atoms with Crippen LogP contribution in [0.15, 0.2) is 18.3 Å². The molecule has 0 fully saturated rings. The first-order valence-corrected chi connectivity index (χ1v) is 6.36. The molecule has 0 aromatic carbocycles. The van der Waals surface area contributed by atoms with Crippen molar-refractivity contribution < 1.29 is 8.42 Å². The zero-order valence-corrected chi connectivity index (χ0v) is 10.0. The highest BCUT2D eigenvalue weighted by atomic mass is 32.2. The Balaban J connectivity index is 2.62. The fraction of sp³-hybridized carbons (Fsp3) is 0.500. The lowest BCUT2D eigenvalue weighted by atomic mass is 10.2. The molecule has 1 aromatic heterocycles. The predicted octanol–water partition coefficient (Wildman–Crippen LogP) is 1.22. The Morgan fingerprint density at radius 3 is 2.53 bits per heavy atom. The lowest BCUT2D eigenvalue weighted by Gasteiger charge is -2.09. The van der Waals surface area contributed by atoms with Crippen LogP contribution in [0.4, 0.5) is 0 Å². The number of hydrogen-bond acceptors (Lipinski definition) is 3. The van der Waals surface area contributed by atoms with E-state index in [1.165, 1.54) is 0 Å². The minimum Gasteiger partial charge on any atom is -0.261 e. The molecule has 0 unspecified atom stereocenters. The van der Waals surface area contributed by atoms with Gasteiger partial charge in [0.15, 0.2) is 0 Å². The normalized spacial score (nSPS) is 12.0. The second kappa shape index (κ2) is 4.72. The molecule has 1 rings (SSSR count). The van der Waals surface area contributed by atoms with Crippen molar-refractivity contribution in [1.29, 1.82) is 0 Å². The van der Waals surface area contributed by atoms with Crippen molar-refractivity contribution in [2.45, 2.75) is 32.6 Å². The van der Waals surface area contributed by atoms with Gasteiger partial charge in [0.25, 0.3) is 0 Å². The molecular weight excluding hydrogens is 212 g/mol. The third-order valence-corrected chi connectivity index (χ3v) is 3.86. The Hall–Kier alpha value is -0.940. The van der Waals surface area contributed by atoms with Gasteiger partial charge in [-0.1, -0.05) is 6.07 Å². The molecule has 1 N–H and O–H groups in total. The average molecular weight is 228 g/mol. The average Bonchev–Trinajstić information content (AvgIpc) is 2.17. The summed E-state index contributed by atoms with van der Waals surface area (Å²) in [6.45, 7) is 5.49. The second-order valence-electron chi connectivity index (χ2n) is 3.72. The third kappa shape index (κ3) is 3.60. The number of aryl methyl sites for hydroxylation is 1. The van der Waals surface area contributed by atoms with Gasteiger partial charge in [0, 0.05) is 18.4 Å². The van der Waals surface area contributed by atoms with Crippen molar-refractivity contribution in [1.82, 2.24) is 9.71 Å². The molecule has 0 amide bonds. The van der Waals surface area contributed by atoms with Crippen molar-refractivity contribution in [3.8, 4) is 0 Å². The first kappa shape index (κ1) is 12.1. The van der Waals surface area contributed by atoms with Crippen LogP contribution >= 0.6 is 0 Å². The van der Waals surface area contributed by atoms with E-state index in [2.05, 4.69) is 9.71 Å². The topological polar surface area (TPSA) is 59.1 Å². The number of aromatic nitrogens is 1. The summed E-state index contributed by atoms with van der Waals surface area (Å²) in [4.78, 5) is 4.09. The Morgan fingerprint density at radius 1 is 1.40 bits per heavy atom. The summed E-state index contributed by atoms with van der Waals surface area (Å²) in [5, 5.41) is -0.407. The highest BCUT2D eigenvalue weighted by Gasteiger charge is 2.14. The van der Waals surface area contributed by atoms with E-state index >= 15 is 0 Å². The summed E-state index contributed by atoms with van der Waals surface area (Å²) in [5.74, 6) is 0. The SMILES string of the molecule is Cc1ccc(CNS(=O)(=O)C(C)C)cn1. The zero-order valence-electron chi connectivity index (χ0n) is 9.19. The molecule has 1 aromatic rings. The van der Waals surface area contributed by atoms with Gasteiger partial charge in [0.05, 0.1) is 5.25 Å². The van der Waals surface area contributed by atoms with Crippen molar-refractivity contribution in [3.05, 3.63) is 29.6 Å². The molecule has 1 heterocycles. The third-order valence-electron chi connectivity index (χ3n) is 2.07. The number of pyridine rings is 1. The Bertz CT molecular complexity index is 410. The van der Waals surface area contributed by atoms with E-state index in [0.717, 1.165) is 11.3 Å². The maximum Gasteiger partial charge on any atom is 0.214 e. The van der Waals surface area contributed by atoms with Crippen molar-refractivity contribution in [2.24, 2.45) is 0 Å². The molecule has 0 aliphatic heterocycles. The molecule has 0 radical (unpaired) electrons. The molecule has 0 atom stereocenters. The van der Waals surface area contributed by atoms with E-state index in [0.29, 0.717) is 6.54 Å². The molecule has 0 bridgehead atoms. The fourth-order valence-electron chi connectivity index (χ4n) is 0.954. The van der Waals surface area contributed by atoms with Crippen LogP contribution in [-0.4, -0.2) is 18.7 Å². The van der Waals surface area contributed by atoms with Crippen LogP contribution in [-0.2, 0) is 16.6 Å². The minimum atomic E-state index is -3.18. The second-order valence-corrected chi connectivity index (χ2v) is 6.04.